The molecule has 116 valence electrons. The van der Waals surface area contributed by atoms with Gasteiger partial charge in [-0.2, -0.15) is 0 Å². The summed E-state index contributed by atoms with van der Waals surface area (Å²) in [6.45, 7) is 4.61. The maximum absolute atomic E-state index is 12.9. The van der Waals surface area contributed by atoms with E-state index in [0.29, 0.717) is 5.92 Å². The molecule has 0 radical (unpaired) electrons. The van der Waals surface area contributed by atoms with Gasteiger partial charge in [0.15, 0.2) is 0 Å². The summed E-state index contributed by atoms with van der Waals surface area (Å²) in [6.07, 6.45) is 1.07. The molecule has 0 saturated carbocycles. The molecule has 1 aliphatic heterocycles. The Hall–Kier alpha value is -1.72. The van der Waals surface area contributed by atoms with Crippen molar-refractivity contribution in [2.24, 2.45) is 5.92 Å². The summed E-state index contributed by atoms with van der Waals surface area (Å²) in [5.74, 6) is 0.686. The van der Waals surface area contributed by atoms with Gasteiger partial charge in [0.25, 0.3) is 5.91 Å². The van der Waals surface area contributed by atoms with Crippen LogP contribution in [0.2, 0.25) is 0 Å². The number of likely N-dealkylation sites (tertiary alicyclic amines) is 1. The van der Waals surface area contributed by atoms with Crippen molar-refractivity contribution in [2.45, 2.75) is 13.3 Å². The third kappa shape index (κ3) is 3.05. The van der Waals surface area contributed by atoms with Crippen LogP contribution < -0.4 is 5.32 Å². The highest BCUT2D eigenvalue weighted by molar-refractivity contribution is 7.14. The molecule has 2 aromatic rings. The Morgan fingerprint density at radius 3 is 2.91 bits per heavy atom. The Bertz CT molecular complexity index is 653. The fourth-order valence-electron chi connectivity index (χ4n) is 2.98. The summed E-state index contributed by atoms with van der Waals surface area (Å²) in [5.41, 5.74) is 1.84. The van der Waals surface area contributed by atoms with Gasteiger partial charge in [-0.1, -0.05) is 30.3 Å². The molecule has 1 aliphatic rings. The first-order valence-corrected chi connectivity index (χ1v) is 8.47. The number of nitrogens with one attached hydrogen (secondary N) is 1. The number of benzene rings is 1. The summed E-state index contributed by atoms with van der Waals surface area (Å²) in [4.78, 5) is 20.2. The highest BCUT2D eigenvalue weighted by Crippen LogP contribution is 2.30. The lowest BCUT2D eigenvalue weighted by Crippen LogP contribution is -2.30. The largest absolute Gasteiger partial charge is 0.338 e. The Morgan fingerprint density at radius 2 is 2.18 bits per heavy atom. The number of aromatic nitrogens is 1. The minimum Gasteiger partial charge on any atom is -0.338 e. The first-order valence-electron chi connectivity index (χ1n) is 7.65. The fraction of sp³-hybridized carbons (Fsp3) is 0.412. The topological polar surface area (TPSA) is 45.2 Å². The predicted molar refractivity (Wildman–Crippen MR) is 90.2 cm³/mol. The van der Waals surface area contributed by atoms with E-state index in [0.717, 1.165) is 47.2 Å². The monoisotopic (exact) mass is 315 g/mol. The Morgan fingerprint density at radius 1 is 1.41 bits per heavy atom. The Kier molecular flexibility index (Phi) is 4.55. The molecule has 1 N–H and O–H groups in total. The van der Waals surface area contributed by atoms with E-state index in [2.05, 4.69) is 10.3 Å². The van der Waals surface area contributed by atoms with Crippen LogP contribution in [-0.2, 0) is 0 Å². The van der Waals surface area contributed by atoms with Crippen molar-refractivity contribution in [3.8, 4) is 11.3 Å². The van der Waals surface area contributed by atoms with Gasteiger partial charge in [-0.3, -0.25) is 4.79 Å². The maximum atomic E-state index is 12.9. The minimum absolute atomic E-state index is 0.128. The van der Waals surface area contributed by atoms with Gasteiger partial charge in [-0.05, 0) is 32.9 Å². The highest BCUT2D eigenvalue weighted by atomic mass is 32.1. The molecule has 1 amide bonds. The molecule has 0 aliphatic carbocycles. The molecule has 5 heteroatoms. The van der Waals surface area contributed by atoms with Crippen molar-refractivity contribution >= 4 is 17.2 Å². The molecule has 4 nitrogen and oxygen atoms in total. The van der Waals surface area contributed by atoms with Gasteiger partial charge >= 0.3 is 0 Å². The van der Waals surface area contributed by atoms with Gasteiger partial charge in [0.1, 0.15) is 4.88 Å². The second kappa shape index (κ2) is 6.58. The summed E-state index contributed by atoms with van der Waals surface area (Å²) in [6, 6.07) is 9.97. The zero-order chi connectivity index (χ0) is 15.5. The summed E-state index contributed by atoms with van der Waals surface area (Å²) < 4.78 is 0. The smallest absolute Gasteiger partial charge is 0.266 e. The molecule has 1 aromatic carbocycles. The zero-order valence-corrected chi connectivity index (χ0v) is 13.8. The lowest BCUT2D eigenvalue weighted by atomic mass is 10.1. The van der Waals surface area contributed by atoms with E-state index in [4.69, 9.17) is 0 Å². The van der Waals surface area contributed by atoms with Crippen LogP contribution >= 0.6 is 11.3 Å². The Balaban J connectivity index is 1.85. The van der Waals surface area contributed by atoms with E-state index in [-0.39, 0.29) is 5.91 Å². The summed E-state index contributed by atoms with van der Waals surface area (Å²) in [5, 5.41) is 4.14. The third-order valence-corrected chi connectivity index (χ3v) is 5.00. The molecule has 1 aromatic heterocycles. The van der Waals surface area contributed by atoms with E-state index >= 15 is 0 Å². The second-order valence-electron chi connectivity index (χ2n) is 5.74. The fourth-order valence-corrected chi connectivity index (χ4v) is 3.89. The molecule has 1 saturated heterocycles. The first-order chi connectivity index (χ1) is 10.7. The normalized spacial score (nSPS) is 17.9. The van der Waals surface area contributed by atoms with Crippen LogP contribution in [0.25, 0.3) is 11.3 Å². The molecule has 3 rings (SSSR count). The van der Waals surface area contributed by atoms with E-state index in [1.165, 1.54) is 11.3 Å². The molecular weight excluding hydrogens is 294 g/mol. The van der Waals surface area contributed by atoms with Gasteiger partial charge in [0.05, 0.1) is 10.7 Å². The lowest BCUT2D eigenvalue weighted by Gasteiger charge is -2.16. The molecular formula is C17H21N3OS. The number of nitrogens with zero attached hydrogens (tertiary/aromatic N) is 2. The maximum Gasteiger partial charge on any atom is 0.266 e. The van der Waals surface area contributed by atoms with Crippen LogP contribution in [0.5, 0.6) is 0 Å². The number of amides is 1. The zero-order valence-electron chi connectivity index (χ0n) is 13.0. The van der Waals surface area contributed by atoms with Crippen LogP contribution in [-0.4, -0.2) is 42.5 Å². The van der Waals surface area contributed by atoms with E-state index in [9.17, 15) is 4.79 Å². The van der Waals surface area contributed by atoms with E-state index in [1.54, 1.807) is 0 Å². The third-order valence-electron chi connectivity index (χ3n) is 4.04. The van der Waals surface area contributed by atoms with Gasteiger partial charge in [-0.25, -0.2) is 4.98 Å². The molecule has 0 bridgehead atoms. The Labute approximate surface area is 135 Å². The molecule has 0 spiro atoms. The van der Waals surface area contributed by atoms with Crippen LogP contribution in [0.3, 0.4) is 0 Å². The van der Waals surface area contributed by atoms with Crippen LogP contribution in [0.4, 0.5) is 0 Å². The van der Waals surface area contributed by atoms with E-state index in [1.807, 2.05) is 49.2 Å². The lowest BCUT2D eigenvalue weighted by molar-refractivity contribution is 0.0792. The molecule has 1 atom stereocenters. The number of carbonyl (C=O) groups excluding carboxylic acids is 1. The number of thiazole rings is 1. The standard InChI is InChI=1S/C17H21N3OS/c1-12-19-15(14-6-4-3-5-7-14)16(22-12)17(21)20-9-8-13(11-20)10-18-2/h3-7,13,18H,8-11H2,1-2H3. The van der Waals surface area contributed by atoms with Gasteiger partial charge in [0, 0.05) is 18.7 Å². The van der Waals surface area contributed by atoms with Gasteiger partial charge < -0.3 is 10.2 Å². The summed E-state index contributed by atoms with van der Waals surface area (Å²) >= 11 is 1.50. The van der Waals surface area contributed by atoms with Crippen molar-refractivity contribution in [1.82, 2.24) is 15.2 Å². The number of rotatable bonds is 4. The number of hydrogen-bond donors (Lipinski definition) is 1. The van der Waals surface area contributed by atoms with Gasteiger partial charge in [0.2, 0.25) is 0 Å². The average Bonchev–Trinajstić information content (AvgIpc) is 3.15. The van der Waals surface area contributed by atoms with Crippen LogP contribution in [0.15, 0.2) is 30.3 Å². The first kappa shape index (κ1) is 15.2. The second-order valence-corrected chi connectivity index (χ2v) is 6.94. The quantitative estimate of drug-likeness (QED) is 0.943. The van der Waals surface area contributed by atoms with Crippen molar-refractivity contribution < 1.29 is 4.79 Å². The van der Waals surface area contributed by atoms with Crippen molar-refractivity contribution in [2.75, 3.05) is 26.7 Å². The average molecular weight is 315 g/mol. The molecule has 2 heterocycles. The number of carbonyl (C=O) groups is 1. The van der Waals surface area contributed by atoms with E-state index < -0.39 is 0 Å². The SMILES string of the molecule is CNCC1CCN(C(=O)c2sc(C)nc2-c2ccccc2)C1. The van der Waals surface area contributed by atoms with Gasteiger partial charge in [-0.15, -0.1) is 11.3 Å². The number of hydrogen-bond acceptors (Lipinski definition) is 4. The minimum atomic E-state index is 0.128. The summed E-state index contributed by atoms with van der Waals surface area (Å²) in [7, 11) is 1.96. The predicted octanol–water partition coefficient (Wildman–Crippen LogP) is 2.80. The van der Waals surface area contributed by atoms with Crippen LogP contribution in [0.1, 0.15) is 21.1 Å². The molecule has 1 fully saturated rings. The van der Waals surface area contributed by atoms with Crippen molar-refractivity contribution in [1.29, 1.82) is 0 Å². The van der Waals surface area contributed by atoms with Crippen molar-refractivity contribution in [3.63, 3.8) is 0 Å². The highest BCUT2D eigenvalue weighted by Gasteiger charge is 2.29. The molecule has 22 heavy (non-hydrogen) atoms. The van der Waals surface area contributed by atoms with Crippen molar-refractivity contribution in [3.05, 3.63) is 40.2 Å². The number of aryl methyl sites for hydroxylation is 1. The van der Waals surface area contributed by atoms with Crippen LogP contribution in [0, 0.1) is 12.8 Å². The molecule has 1 unspecified atom stereocenters.